The molecule has 0 fully saturated rings. The number of benzene rings is 2. The third kappa shape index (κ3) is 4.70. The van der Waals surface area contributed by atoms with E-state index in [1.165, 1.54) is 6.92 Å². The Hall–Kier alpha value is -3.12. The van der Waals surface area contributed by atoms with Crippen molar-refractivity contribution >= 4 is 46.3 Å². The van der Waals surface area contributed by atoms with E-state index in [-0.39, 0.29) is 5.91 Å². The summed E-state index contributed by atoms with van der Waals surface area (Å²) in [5, 5.41) is 9.75. The highest BCUT2D eigenvalue weighted by molar-refractivity contribution is 6.31. The summed E-state index contributed by atoms with van der Waals surface area (Å²) in [5.41, 5.74) is 3.42. The zero-order valence-electron chi connectivity index (χ0n) is 14.4. The first-order chi connectivity index (χ1) is 12.5. The van der Waals surface area contributed by atoms with Crippen molar-refractivity contribution in [1.82, 2.24) is 9.97 Å². The maximum absolute atomic E-state index is 11.1. The van der Waals surface area contributed by atoms with Crippen molar-refractivity contribution in [3.8, 4) is 0 Å². The van der Waals surface area contributed by atoms with E-state index >= 15 is 0 Å². The summed E-state index contributed by atoms with van der Waals surface area (Å²) in [6.45, 7) is 3.43. The lowest BCUT2D eigenvalue weighted by Crippen LogP contribution is -2.05. The number of carbonyl (C=O) groups excluding carboxylic acids is 1. The second-order valence-electron chi connectivity index (χ2n) is 5.74. The van der Waals surface area contributed by atoms with Crippen LogP contribution >= 0.6 is 11.6 Å². The number of hydrogen-bond acceptors (Lipinski definition) is 5. The Labute approximate surface area is 156 Å². The molecule has 1 aromatic heterocycles. The van der Waals surface area contributed by atoms with E-state index in [9.17, 15) is 4.79 Å². The summed E-state index contributed by atoms with van der Waals surface area (Å²) < 4.78 is 0. The molecule has 0 spiro atoms. The van der Waals surface area contributed by atoms with Gasteiger partial charge in [-0.1, -0.05) is 17.7 Å². The van der Waals surface area contributed by atoms with Crippen LogP contribution in [-0.2, 0) is 4.79 Å². The van der Waals surface area contributed by atoms with Gasteiger partial charge in [-0.15, -0.1) is 0 Å². The molecule has 2 aromatic carbocycles. The molecule has 0 aliphatic rings. The number of carbonyl (C=O) groups is 1. The minimum Gasteiger partial charge on any atom is -0.340 e. The van der Waals surface area contributed by atoms with E-state index in [0.717, 1.165) is 22.6 Å². The lowest BCUT2D eigenvalue weighted by Gasteiger charge is -2.10. The van der Waals surface area contributed by atoms with E-state index in [2.05, 4.69) is 25.9 Å². The summed E-state index contributed by atoms with van der Waals surface area (Å²) in [7, 11) is 0. The number of rotatable bonds is 5. The topological polar surface area (TPSA) is 78.9 Å². The van der Waals surface area contributed by atoms with Crippen LogP contribution in [0.15, 0.2) is 54.7 Å². The molecule has 0 atom stereocenters. The van der Waals surface area contributed by atoms with Gasteiger partial charge in [-0.25, -0.2) is 4.98 Å². The summed E-state index contributed by atoms with van der Waals surface area (Å²) in [5.74, 6) is 1.00. The van der Waals surface area contributed by atoms with Crippen LogP contribution in [0.3, 0.4) is 0 Å². The molecule has 132 valence electrons. The quantitative estimate of drug-likeness (QED) is 0.598. The number of halogens is 1. The van der Waals surface area contributed by atoms with Crippen LogP contribution in [0.25, 0.3) is 0 Å². The van der Waals surface area contributed by atoms with Gasteiger partial charge < -0.3 is 16.0 Å². The number of nitrogens with one attached hydrogen (secondary N) is 3. The zero-order chi connectivity index (χ0) is 18.5. The predicted octanol–water partition coefficient (Wildman–Crippen LogP) is 4.88. The van der Waals surface area contributed by atoms with E-state index in [0.29, 0.717) is 16.8 Å². The van der Waals surface area contributed by atoms with Crippen molar-refractivity contribution in [2.75, 3.05) is 16.0 Å². The smallest absolute Gasteiger partial charge is 0.229 e. The number of hydrogen-bond donors (Lipinski definition) is 3. The van der Waals surface area contributed by atoms with E-state index in [1.807, 2.05) is 37.3 Å². The lowest BCUT2D eigenvalue weighted by molar-refractivity contribution is -0.114. The standard InChI is InChI=1S/C19H18ClN5O/c1-12-3-4-16(11-17(12)20)23-18-9-10-21-19(25-18)24-15-7-5-14(6-8-15)22-13(2)26/h3-11H,1-2H3,(H,22,26)(H2,21,23,24,25). The number of nitrogens with zero attached hydrogens (tertiary/aromatic N) is 2. The van der Waals surface area contributed by atoms with Gasteiger partial charge in [0.25, 0.3) is 0 Å². The maximum Gasteiger partial charge on any atom is 0.229 e. The second kappa shape index (κ2) is 7.84. The van der Waals surface area contributed by atoms with Gasteiger partial charge in [-0.05, 0) is 55.0 Å². The average Bonchev–Trinajstić information content (AvgIpc) is 2.60. The van der Waals surface area contributed by atoms with E-state index in [4.69, 9.17) is 11.6 Å². The molecule has 7 heteroatoms. The third-order valence-electron chi connectivity index (χ3n) is 3.56. The summed E-state index contributed by atoms with van der Waals surface area (Å²) in [4.78, 5) is 19.7. The highest BCUT2D eigenvalue weighted by atomic mass is 35.5. The highest BCUT2D eigenvalue weighted by Gasteiger charge is 2.03. The average molecular weight is 368 g/mol. The molecular formula is C19H18ClN5O. The molecule has 0 bridgehead atoms. The van der Waals surface area contributed by atoms with Crippen LogP contribution in [0.1, 0.15) is 12.5 Å². The van der Waals surface area contributed by atoms with Gasteiger partial charge in [-0.2, -0.15) is 4.98 Å². The molecule has 0 saturated heterocycles. The van der Waals surface area contributed by atoms with Crippen molar-refractivity contribution < 1.29 is 4.79 Å². The molecule has 3 rings (SSSR count). The van der Waals surface area contributed by atoms with Crippen LogP contribution in [0, 0.1) is 6.92 Å². The molecule has 3 N–H and O–H groups in total. The Kier molecular flexibility index (Phi) is 5.34. The van der Waals surface area contributed by atoms with Gasteiger partial charge in [0.2, 0.25) is 11.9 Å². The molecule has 26 heavy (non-hydrogen) atoms. The van der Waals surface area contributed by atoms with E-state index in [1.54, 1.807) is 24.4 Å². The Morgan fingerprint density at radius 2 is 1.65 bits per heavy atom. The first-order valence-electron chi connectivity index (χ1n) is 8.00. The predicted molar refractivity (Wildman–Crippen MR) is 106 cm³/mol. The minimum atomic E-state index is -0.107. The van der Waals surface area contributed by atoms with Gasteiger partial charge in [-0.3, -0.25) is 4.79 Å². The van der Waals surface area contributed by atoms with Crippen LogP contribution in [-0.4, -0.2) is 15.9 Å². The van der Waals surface area contributed by atoms with Gasteiger partial charge in [0.05, 0.1) is 0 Å². The Bertz CT molecular complexity index is 927. The number of aryl methyl sites for hydroxylation is 1. The number of aromatic nitrogens is 2. The Balaban J connectivity index is 1.70. The molecule has 0 aliphatic carbocycles. The first kappa shape index (κ1) is 17.7. The molecule has 1 heterocycles. The maximum atomic E-state index is 11.1. The largest absolute Gasteiger partial charge is 0.340 e. The fourth-order valence-corrected chi connectivity index (χ4v) is 2.46. The van der Waals surface area contributed by atoms with Crippen LogP contribution in [0.2, 0.25) is 5.02 Å². The number of anilines is 5. The van der Waals surface area contributed by atoms with E-state index < -0.39 is 0 Å². The summed E-state index contributed by atoms with van der Waals surface area (Å²) >= 11 is 6.15. The summed E-state index contributed by atoms with van der Waals surface area (Å²) in [6.07, 6.45) is 1.67. The molecular weight excluding hydrogens is 350 g/mol. The lowest BCUT2D eigenvalue weighted by atomic mass is 10.2. The van der Waals surface area contributed by atoms with Crippen LogP contribution < -0.4 is 16.0 Å². The van der Waals surface area contributed by atoms with Gasteiger partial charge >= 0.3 is 0 Å². The fourth-order valence-electron chi connectivity index (χ4n) is 2.28. The molecule has 6 nitrogen and oxygen atoms in total. The van der Waals surface area contributed by atoms with Crippen molar-refractivity contribution in [1.29, 1.82) is 0 Å². The Morgan fingerprint density at radius 1 is 0.962 bits per heavy atom. The van der Waals surface area contributed by atoms with Crippen molar-refractivity contribution in [3.63, 3.8) is 0 Å². The zero-order valence-corrected chi connectivity index (χ0v) is 15.1. The molecule has 3 aromatic rings. The van der Waals surface area contributed by atoms with Gasteiger partial charge in [0.15, 0.2) is 0 Å². The van der Waals surface area contributed by atoms with Crippen molar-refractivity contribution in [2.45, 2.75) is 13.8 Å². The molecule has 1 amide bonds. The normalized spacial score (nSPS) is 10.3. The van der Waals surface area contributed by atoms with Gasteiger partial charge in [0.1, 0.15) is 5.82 Å². The fraction of sp³-hybridized carbons (Fsp3) is 0.105. The summed E-state index contributed by atoms with van der Waals surface area (Å²) in [6, 6.07) is 14.8. The van der Waals surface area contributed by atoms with Crippen molar-refractivity contribution in [2.24, 2.45) is 0 Å². The number of amides is 1. The minimum absolute atomic E-state index is 0.107. The van der Waals surface area contributed by atoms with Gasteiger partial charge in [0, 0.05) is 35.2 Å². The highest BCUT2D eigenvalue weighted by Crippen LogP contribution is 2.23. The van der Waals surface area contributed by atoms with Crippen LogP contribution in [0.5, 0.6) is 0 Å². The molecule has 0 saturated carbocycles. The monoisotopic (exact) mass is 367 g/mol. The SMILES string of the molecule is CC(=O)Nc1ccc(Nc2nccc(Nc3ccc(C)c(Cl)c3)n2)cc1. The Morgan fingerprint density at radius 3 is 2.35 bits per heavy atom. The van der Waals surface area contributed by atoms with Crippen molar-refractivity contribution in [3.05, 3.63) is 65.3 Å². The molecule has 0 unspecified atom stereocenters. The third-order valence-corrected chi connectivity index (χ3v) is 3.97. The molecule has 0 radical (unpaired) electrons. The van der Waals surface area contributed by atoms with Crippen LogP contribution in [0.4, 0.5) is 28.8 Å². The molecule has 0 aliphatic heterocycles. The first-order valence-corrected chi connectivity index (χ1v) is 8.38. The second-order valence-corrected chi connectivity index (χ2v) is 6.15.